The Morgan fingerprint density at radius 1 is 1.50 bits per heavy atom. The van der Waals surface area contributed by atoms with Crippen LogP contribution in [0.2, 0.25) is 6.82 Å². The normalized spacial score (nSPS) is 13.0. The highest BCUT2D eigenvalue weighted by Crippen LogP contribution is 2.04. The van der Waals surface area contributed by atoms with Crippen LogP contribution in [0.1, 0.15) is 26.2 Å². The van der Waals surface area contributed by atoms with Crippen molar-refractivity contribution >= 4 is 7.05 Å². The molecule has 0 amide bonds. The van der Waals surface area contributed by atoms with Crippen molar-refractivity contribution in [3.63, 3.8) is 0 Å². The van der Waals surface area contributed by atoms with E-state index in [1.54, 1.807) is 6.82 Å². The van der Waals surface area contributed by atoms with Gasteiger partial charge in [-0.3, -0.25) is 0 Å². The van der Waals surface area contributed by atoms with E-state index in [4.69, 9.17) is 10.8 Å². The van der Waals surface area contributed by atoms with Crippen LogP contribution in [0.25, 0.3) is 0 Å². The lowest BCUT2D eigenvalue weighted by atomic mass is 9.89. The Bertz CT molecular complexity index is 101. The zero-order valence-corrected chi connectivity index (χ0v) is 8.21. The summed E-state index contributed by atoms with van der Waals surface area (Å²) in [6.07, 6.45) is 3.51. The van der Waals surface area contributed by atoms with Crippen LogP contribution in [-0.2, 0) is 0 Å². The van der Waals surface area contributed by atoms with Gasteiger partial charge in [0.1, 0.15) is 0 Å². The molecule has 0 aromatic rings. The Labute approximate surface area is 75.9 Å². The van der Waals surface area contributed by atoms with E-state index in [0.717, 1.165) is 19.5 Å². The summed E-state index contributed by atoms with van der Waals surface area (Å²) in [4.78, 5) is 0. The molecule has 0 saturated heterocycles. The van der Waals surface area contributed by atoms with Gasteiger partial charge in [0, 0.05) is 0 Å². The van der Waals surface area contributed by atoms with Crippen molar-refractivity contribution < 1.29 is 5.02 Å². The van der Waals surface area contributed by atoms with Gasteiger partial charge in [-0.25, -0.2) is 0 Å². The second-order valence-corrected chi connectivity index (χ2v) is 3.47. The second-order valence-electron chi connectivity index (χ2n) is 3.47. The quantitative estimate of drug-likeness (QED) is 0.386. The first-order chi connectivity index (χ1) is 5.66. The smallest absolute Gasteiger partial charge is 0.373 e. The third kappa shape index (κ3) is 8.05. The van der Waals surface area contributed by atoms with Crippen molar-refractivity contribution in [3.8, 4) is 0 Å². The molecule has 0 aliphatic carbocycles. The molecule has 0 saturated carbocycles. The zero-order valence-electron chi connectivity index (χ0n) is 8.21. The van der Waals surface area contributed by atoms with Gasteiger partial charge in [0.15, 0.2) is 0 Å². The maximum Gasteiger partial charge on any atom is 0.373 e. The summed E-state index contributed by atoms with van der Waals surface area (Å²) >= 11 is 0. The van der Waals surface area contributed by atoms with Gasteiger partial charge in [-0.05, 0) is 38.7 Å². The van der Waals surface area contributed by atoms with Gasteiger partial charge in [0.2, 0.25) is 0 Å². The van der Waals surface area contributed by atoms with Crippen LogP contribution in [-0.4, -0.2) is 25.2 Å². The monoisotopic (exact) mass is 172 g/mol. The van der Waals surface area contributed by atoms with Crippen LogP contribution < -0.4 is 11.0 Å². The van der Waals surface area contributed by atoms with Gasteiger partial charge in [0.25, 0.3) is 0 Å². The van der Waals surface area contributed by atoms with Crippen molar-refractivity contribution in [3.05, 3.63) is 0 Å². The molecule has 0 aromatic carbocycles. The minimum atomic E-state index is -0.378. The Balaban J connectivity index is 3.00. The number of nitrogens with two attached hydrogens (primary N) is 1. The van der Waals surface area contributed by atoms with E-state index in [-0.39, 0.29) is 7.05 Å². The lowest BCUT2D eigenvalue weighted by Gasteiger charge is -2.08. The van der Waals surface area contributed by atoms with Gasteiger partial charge >= 0.3 is 7.05 Å². The molecule has 72 valence electrons. The van der Waals surface area contributed by atoms with Crippen molar-refractivity contribution in [1.29, 1.82) is 0 Å². The Kier molecular flexibility index (Phi) is 7.55. The molecule has 3 nitrogen and oxygen atoms in total. The van der Waals surface area contributed by atoms with Gasteiger partial charge in [0.05, 0.1) is 0 Å². The van der Waals surface area contributed by atoms with Crippen LogP contribution >= 0.6 is 0 Å². The molecule has 0 bridgehead atoms. The lowest BCUT2D eigenvalue weighted by Crippen LogP contribution is -2.31. The van der Waals surface area contributed by atoms with Crippen molar-refractivity contribution in [1.82, 2.24) is 5.23 Å². The summed E-state index contributed by atoms with van der Waals surface area (Å²) in [6, 6.07) is 0. The SMILES string of the molecule is CB(O)NCCCCC(C)CN. The Morgan fingerprint density at radius 2 is 2.17 bits per heavy atom. The highest BCUT2D eigenvalue weighted by atomic mass is 16.2. The first kappa shape index (κ1) is 11.9. The van der Waals surface area contributed by atoms with E-state index in [1.165, 1.54) is 12.8 Å². The molecule has 0 aliphatic heterocycles. The van der Waals surface area contributed by atoms with E-state index in [0.29, 0.717) is 5.92 Å². The third-order valence-corrected chi connectivity index (χ3v) is 1.97. The molecule has 1 atom stereocenters. The first-order valence-electron chi connectivity index (χ1n) is 4.78. The zero-order chi connectivity index (χ0) is 9.40. The largest absolute Gasteiger partial charge is 0.437 e. The first-order valence-corrected chi connectivity index (χ1v) is 4.78. The summed E-state index contributed by atoms with van der Waals surface area (Å²) in [5.41, 5.74) is 5.48. The van der Waals surface area contributed by atoms with Gasteiger partial charge in [-0.15, -0.1) is 0 Å². The van der Waals surface area contributed by atoms with Crippen LogP contribution in [0, 0.1) is 5.92 Å². The molecule has 0 radical (unpaired) electrons. The predicted molar refractivity (Wildman–Crippen MR) is 53.9 cm³/mol. The van der Waals surface area contributed by atoms with E-state index in [9.17, 15) is 0 Å². The summed E-state index contributed by atoms with van der Waals surface area (Å²) in [7, 11) is -0.378. The maximum absolute atomic E-state index is 8.88. The number of nitrogens with one attached hydrogen (secondary N) is 1. The average Bonchev–Trinajstić information content (AvgIpc) is 2.03. The minimum absolute atomic E-state index is 0.378. The summed E-state index contributed by atoms with van der Waals surface area (Å²) in [6.45, 7) is 5.59. The fraction of sp³-hybridized carbons (Fsp3) is 1.00. The van der Waals surface area contributed by atoms with E-state index < -0.39 is 0 Å². The predicted octanol–water partition coefficient (Wildman–Crippen LogP) is 0.451. The standard InChI is InChI=1S/C8H21BN2O/c1-8(7-10)5-3-4-6-11-9(2)12/h8,11-12H,3-7,10H2,1-2H3. The minimum Gasteiger partial charge on any atom is -0.437 e. The molecular weight excluding hydrogens is 151 g/mol. The molecule has 12 heavy (non-hydrogen) atoms. The third-order valence-electron chi connectivity index (χ3n) is 1.97. The molecule has 1 unspecified atom stereocenters. The van der Waals surface area contributed by atoms with Crippen molar-refractivity contribution in [2.45, 2.75) is 33.0 Å². The molecule has 0 rings (SSSR count). The maximum atomic E-state index is 8.88. The van der Waals surface area contributed by atoms with Crippen molar-refractivity contribution in [2.24, 2.45) is 11.7 Å². The molecule has 4 N–H and O–H groups in total. The number of rotatable bonds is 7. The van der Waals surface area contributed by atoms with Gasteiger partial charge in [-0.1, -0.05) is 13.3 Å². The van der Waals surface area contributed by atoms with Crippen LogP contribution in [0.15, 0.2) is 0 Å². The van der Waals surface area contributed by atoms with Crippen LogP contribution in [0.4, 0.5) is 0 Å². The molecule has 0 spiro atoms. The summed E-state index contributed by atoms with van der Waals surface area (Å²) in [5.74, 6) is 0.636. The van der Waals surface area contributed by atoms with Crippen LogP contribution in [0.5, 0.6) is 0 Å². The topological polar surface area (TPSA) is 58.3 Å². The Hall–Kier alpha value is -0.0551. The molecule has 0 fully saturated rings. The fourth-order valence-electron chi connectivity index (χ4n) is 1.05. The van der Waals surface area contributed by atoms with E-state index >= 15 is 0 Å². The molecule has 4 heteroatoms. The van der Waals surface area contributed by atoms with Gasteiger partial charge < -0.3 is 16.0 Å². The number of hydrogen-bond donors (Lipinski definition) is 3. The molecular formula is C8H21BN2O. The number of unbranched alkanes of at least 4 members (excludes halogenated alkanes) is 1. The Morgan fingerprint density at radius 3 is 2.67 bits per heavy atom. The van der Waals surface area contributed by atoms with Gasteiger partial charge in [-0.2, -0.15) is 0 Å². The average molecular weight is 172 g/mol. The lowest BCUT2D eigenvalue weighted by molar-refractivity contribution is 0.498. The number of hydrogen-bond acceptors (Lipinski definition) is 3. The second kappa shape index (κ2) is 7.59. The molecule has 0 heterocycles. The summed E-state index contributed by atoms with van der Waals surface area (Å²) < 4.78 is 0. The molecule has 0 aromatic heterocycles. The van der Waals surface area contributed by atoms with Crippen LogP contribution in [0.3, 0.4) is 0 Å². The fourth-order valence-corrected chi connectivity index (χ4v) is 1.05. The van der Waals surface area contributed by atoms with E-state index in [1.807, 2.05) is 0 Å². The highest BCUT2D eigenvalue weighted by molar-refractivity contribution is 6.45. The van der Waals surface area contributed by atoms with Crippen molar-refractivity contribution in [2.75, 3.05) is 13.1 Å². The molecule has 0 aliphatic rings. The highest BCUT2D eigenvalue weighted by Gasteiger charge is 2.01. The van der Waals surface area contributed by atoms with E-state index in [2.05, 4.69) is 12.2 Å². The summed E-state index contributed by atoms with van der Waals surface area (Å²) in [5, 5.41) is 11.8.